The number of hydrogen-bond acceptors (Lipinski definition) is 3. The van der Waals surface area contributed by atoms with Crippen LogP contribution in [-0.2, 0) is 4.79 Å². The minimum Gasteiger partial charge on any atom is -0.340 e. The van der Waals surface area contributed by atoms with E-state index in [-0.39, 0.29) is 11.8 Å². The molecule has 5 heteroatoms. The molecule has 4 nitrogen and oxygen atoms in total. The number of rotatable bonds is 6. The van der Waals surface area contributed by atoms with E-state index in [1.807, 2.05) is 24.5 Å². The van der Waals surface area contributed by atoms with Gasteiger partial charge < -0.3 is 10.2 Å². The molecule has 1 aliphatic heterocycles. The van der Waals surface area contributed by atoms with E-state index in [2.05, 4.69) is 19.2 Å². The molecule has 0 aliphatic carbocycles. The molecular formula is C17H24N2O2S. The first-order valence-corrected chi connectivity index (χ1v) is 9.14. The third kappa shape index (κ3) is 3.83. The fourth-order valence-electron chi connectivity index (χ4n) is 2.55. The lowest BCUT2D eigenvalue weighted by Gasteiger charge is -2.26. The summed E-state index contributed by atoms with van der Waals surface area (Å²) in [6.07, 6.45) is 3.59. The quantitative estimate of drug-likeness (QED) is 0.877. The normalized spacial score (nSPS) is 18.2. The van der Waals surface area contributed by atoms with Crippen molar-refractivity contribution in [3.8, 4) is 0 Å². The molecule has 120 valence electrons. The predicted octanol–water partition coefficient (Wildman–Crippen LogP) is 2.93. The van der Waals surface area contributed by atoms with Gasteiger partial charge in [-0.3, -0.25) is 9.59 Å². The van der Waals surface area contributed by atoms with E-state index in [4.69, 9.17) is 0 Å². The maximum atomic E-state index is 12.9. The van der Waals surface area contributed by atoms with E-state index < -0.39 is 6.04 Å². The summed E-state index contributed by atoms with van der Waals surface area (Å²) in [6, 6.07) is 6.94. The molecule has 22 heavy (non-hydrogen) atoms. The van der Waals surface area contributed by atoms with Crippen molar-refractivity contribution in [3.05, 3.63) is 29.8 Å². The van der Waals surface area contributed by atoms with Gasteiger partial charge in [-0.15, -0.1) is 0 Å². The summed E-state index contributed by atoms with van der Waals surface area (Å²) in [4.78, 5) is 27.1. The van der Waals surface area contributed by atoms with Gasteiger partial charge in [0.1, 0.15) is 6.04 Å². The number of anilines is 1. The van der Waals surface area contributed by atoms with Crippen LogP contribution in [0.4, 0.5) is 5.69 Å². The number of para-hydroxylation sites is 1. The number of carbonyl (C=O) groups excluding carboxylic acids is 2. The number of nitrogens with zero attached hydrogens (tertiary/aromatic N) is 1. The van der Waals surface area contributed by atoms with Crippen molar-refractivity contribution in [1.82, 2.24) is 5.32 Å². The maximum Gasteiger partial charge on any atom is 0.254 e. The van der Waals surface area contributed by atoms with E-state index in [0.29, 0.717) is 24.4 Å². The second-order valence-electron chi connectivity index (χ2n) is 6.00. The Morgan fingerprint density at radius 2 is 2.00 bits per heavy atom. The van der Waals surface area contributed by atoms with Crippen LogP contribution >= 0.6 is 11.8 Å². The summed E-state index contributed by atoms with van der Waals surface area (Å²) in [7, 11) is 0. The van der Waals surface area contributed by atoms with Gasteiger partial charge in [0.25, 0.3) is 5.91 Å². The monoisotopic (exact) mass is 320 g/mol. The number of thioether (sulfide) groups is 1. The van der Waals surface area contributed by atoms with E-state index in [9.17, 15) is 9.59 Å². The van der Waals surface area contributed by atoms with Crippen LogP contribution in [0.5, 0.6) is 0 Å². The van der Waals surface area contributed by atoms with Gasteiger partial charge in [-0.25, -0.2) is 0 Å². The van der Waals surface area contributed by atoms with Crippen molar-refractivity contribution in [2.45, 2.75) is 32.7 Å². The van der Waals surface area contributed by atoms with E-state index in [1.54, 1.807) is 22.7 Å². The molecule has 2 rings (SSSR count). The fraction of sp³-hybridized carbons (Fsp3) is 0.529. The van der Waals surface area contributed by atoms with Crippen LogP contribution in [0.1, 0.15) is 37.0 Å². The van der Waals surface area contributed by atoms with Crippen molar-refractivity contribution in [2.75, 3.05) is 23.5 Å². The average molecular weight is 320 g/mol. The molecule has 1 atom stereocenters. The third-order valence-electron chi connectivity index (χ3n) is 3.85. The van der Waals surface area contributed by atoms with Crippen LogP contribution in [-0.4, -0.2) is 36.4 Å². The summed E-state index contributed by atoms with van der Waals surface area (Å²) in [6.45, 7) is 4.93. The third-order valence-corrected chi connectivity index (χ3v) is 4.49. The minimum atomic E-state index is -0.431. The highest BCUT2D eigenvalue weighted by molar-refractivity contribution is 7.98. The van der Waals surface area contributed by atoms with Gasteiger partial charge in [-0.2, -0.15) is 11.8 Å². The van der Waals surface area contributed by atoms with Gasteiger partial charge in [0.15, 0.2) is 0 Å². The molecule has 1 aromatic rings. The van der Waals surface area contributed by atoms with Gasteiger partial charge in [0, 0.05) is 6.54 Å². The lowest BCUT2D eigenvalue weighted by atomic mass is 10.1. The van der Waals surface area contributed by atoms with Crippen LogP contribution in [0, 0.1) is 5.92 Å². The number of nitrogens with one attached hydrogen (secondary N) is 1. The fourth-order valence-corrected chi connectivity index (χ4v) is 3.03. The van der Waals surface area contributed by atoms with E-state index >= 15 is 0 Å². The SMILES string of the molecule is CSCCC1NC(=O)c2ccccc2N(CCC(C)C)C1=O. The molecule has 0 saturated heterocycles. The van der Waals surface area contributed by atoms with E-state index in [0.717, 1.165) is 17.9 Å². The van der Waals surface area contributed by atoms with Crippen molar-refractivity contribution in [1.29, 1.82) is 0 Å². The molecule has 1 N–H and O–H groups in total. The van der Waals surface area contributed by atoms with Crippen molar-refractivity contribution in [2.24, 2.45) is 5.92 Å². The molecule has 0 saturated carbocycles. The first-order chi connectivity index (χ1) is 10.5. The zero-order valence-corrected chi connectivity index (χ0v) is 14.3. The van der Waals surface area contributed by atoms with Gasteiger partial charge in [-0.1, -0.05) is 26.0 Å². The van der Waals surface area contributed by atoms with Crippen molar-refractivity contribution >= 4 is 29.3 Å². The maximum absolute atomic E-state index is 12.9. The molecule has 1 aliphatic rings. The Morgan fingerprint density at radius 1 is 1.27 bits per heavy atom. The molecule has 1 unspecified atom stereocenters. The molecule has 2 amide bonds. The van der Waals surface area contributed by atoms with Crippen molar-refractivity contribution in [3.63, 3.8) is 0 Å². The Balaban J connectivity index is 2.33. The largest absolute Gasteiger partial charge is 0.340 e. The minimum absolute atomic E-state index is 0.00741. The number of carbonyl (C=O) groups is 2. The second kappa shape index (κ2) is 7.68. The molecule has 1 heterocycles. The van der Waals surface area contributed by atoms with Gasteiger partial charge in [-0.05, 0) is 42.9 Å². The Labute approximate surface area is 136 Å². The summed E-state index contributed by atoms with van der Waals surface area (Å²) in [5.41, 5.74) is 1.32. The predicted molar refractivity (Wildman–Crippen MR) is 92.5 cm³/mol. The summed E-state index contributed by atoms with van der Waals surface area (Å²) >= 11 is 1.69. The smallest absolute Gasteiger partial charge is 0.254 e. The van der Waals surface area contributed by atoms with Crippen LogP contribution < -0.4 is 10.2 Å². The lowest BCUT2D eigenvalue weighted by Crippen LogP contribution is -2.46. The molecule has 0 aromatic heterocycles. The second-order valence-corrected chi connectivity index (χ2v) is 6.98. The standard InChI is InChI=1S/C17H24N2O2S/c1-12(2)8-10-19-15-7-5-4-6-13(15)16(20)18-14(17(19)21)9-11-22-3/h4-7,12,14H,8-11H2,1-3H3,(H,18,20). The molecule has 1 aromatic carbocycles. The number of amides is 2. The zero-order valence-electron chi connectivity index (χ0n) is 13.5. The Bertz CT molecular complexity index is 545. The van der Waals surface area contributed by atoms with Crippen LogP contribution in [0.3, 0.4) is 0 Å². The first-order valence-electron chi connectivity index (χ1n) is 7.74. The number of fused-ring (bicyclic) bond motifs is 1. The van der Waals surface area contributed by atoms with Crippen LogP contribution in [0.15, 0.2) is 24.3 Å². The topological polar surface area (TPSA) is 49.4 Å². The summed E-state index contributed by atoms with van der Waals surface area (Å²) in [5.74, 6) is 1.22. The Morgan fingerprint density at radius 3 is 2.68 bits per heavy atom. The van der Waals surface area contributed by atoms with Gasteiger partial charge >= 0.3 is 0 Å². The van der Waals surface area contributed by atoms with E-state index in [1.165, 1.54) is 0 Å². The number of benzene rings is 1. The highest BCUT2D eigenvalue weighted by atomic mass is 32.2. The van der Waals surface area contributed by atoms with Crippen LogP contribution in [0.2, 0.25) is 0 Å². The molecule has 0 bridgehead atoms. The molecular weight excluding hydrogens is 296 g/mol. The zero-order chi connectivity index (χ0) is 16.1. The molecule has 0 spiro atoms. The summed E-state index contributed by atoms with van der Waals surface area (Å²) in [5, 5.41) is 2.89. The highest BCUT2D eigenvalue weighted by Crippen LogP contribution is 2.26. The highest BCUT2D eigenvalue weighted by Gasteiger charge is 2.32. The Hall–Kier alpha value is -1.49. The molecule has 0 fully saturated rings. The van der Waals surface area contributed by atoms with Gasteiger partial charge in [0.05, 0.1) is 11.3 Å². The lowest BCUT2D eigenvalue weighted by molar-refractivity contribution is -0.120. The molecule has 0 radical (unpaired) electrons. The van der Waals surface area contributed by atoms with Gasteiger partial charge in [0.2, 0.25) is 5.91 Å². The summed E-state index contributed by atoms with van der Waals surface area (Å²) < 4.78 is 0. The van der Waals surface area contributed by atoms with Crippen LogP contribution in [0.25, 0.3) is 0 Å². The Kier molecular flexibility index (Phi) is 5.89. The number of hydrogen-bond donors (Lipinski definition) is 1. The first kappa shape index (κ1) is 16.9. The average Bonchev–Trinajstić information content (AvgIpc) is 2.60. The van der Waals surface area contributed by atoms with Crippen molar-refractivity contribution < 1.29 is 9.59 Å².